The molecule has 0 bridgehead atoms. The minimum absolute atomic E-state index is 0.343. The van der Waals surface area contributed by atoms with Gasteiger partial charge in [0.2, 0.25) is 0 Å². The Morgan fingerprint density at radius 2 is 1.88 bits per heavy atom. The number of carbonyl (C=O) groups is 3. The second-order valence-corrected chi connectivity index (χ2v) is 5.45. The maximum atomic E-state index is 11.9. The number of esters is 1. The summed E-state index contributed by atoms with van der Waals surface area (Å²) in [5, 5.41) is 13.8. The number of hydrogen-bond donors (Lipinski definition) is 2. The molecule has 0 aliphatic carbocycles. The van der Waals surface area contributed by atoms with Crippen molar-refractivity contribution in [2.75, 3.05) is 18.5 Å². The van der Waals surface area contributed by atoms with Crippen LogP contribution in [0.2, 0.25) is 0 Å². The van der Waals surface area contributed by atoms with Crippen LogP contribution >= 0.6 is 0 Å². The molecule has 2 rings (SSSR count). The number of anilines is 1. The van der Waals surface area contributed by atoms with Crippen molar-refractivity contribution in [2.24, 2.45) is 0 Å². The fourth-order valence-corrected chi connectivity index (χ4v) is 2.10. The normalized spacial score (nSPS) is 9.69. The maximum Gasteiger partial charge on any atom is 0.325 e. The van der Waals surface area contributed by atoms with E-state index >= 15 is 0 Å². The van der Waals surface area contributed by atoms with E-state index in [0.29, 0.717) is 16.8 Å². The number of carbonyl (C=O) groups excluding carboxylic acids is 3. The van der Waals surface area contributed by atoms with Crippen molar-refractivity contribution in [2.45, 2.75) is 6.92 Å². The van der Waals surface area contributed by atoms with Crippen molar-refractivity contribution in [1.82, 2.24) is 5.32 Å². The van der Waals surface area contributed by atoms with Gasteiger partial charge in [0.05, 0.1) is 11.6 Å². The topological polar surface area (TPSA) is 108 Å². The fraction of sp³-hybridized carbons (Fsp3) is 0.158. The quantitative estimate of drug-likeness (QED) is 0.771. The van der Waals surface area contributed by atoms with E-state index < -0.39 is 24.4 Å². The molecule has 0 aliphatic heterocycles. The lowest BCUT2D eigenvalue weighted by atomic mass is 10.1. The van der Waals surface area contributed by atoms with Crippen LogP contribution in [0.4, 0.5) is 5.69 Å². The van der Waals surface area contributed by atoms with E-state index in [4.69, 9.17) is 10.00 Å². The van der Waals surface area contributed by atoms with E-state index in [1.807, 2.05) is 19.1 Å². The summed E-state index contributed by atoms with van der Waals surface area (Å²) < 4.78 is 4.81. The number of ether oxygens (including phenoxy) is 1. The lowest BCUT2D eigenvalue weighted by molar-refractivity contribution is -0.146. The summed E-state index contributed by atoms with van der Waals surface area (Å²) in [5.41, 5.74) is 2.20. The van der Waals surface area contributed by atoms with Gasteiger partial charge in [-0.1, -0.05) is 23.8 Å². The first-order valence-corrected chi connectivity index (χ1v) is 7.78. The standard InChI is InChI=1S/C19H17N3O4/c1-13-4-2-6-15(8-13)19(25)21-11-18(24)26-12-17(23)22-16-7-3-5-14(9-16)10-20/h2-9H,11-12H2,1H3,(H,21,25)(H,22,23). The van der Waals surface area contributed by atoms with E-state index in [2.05, 4.69) is 10.6 Å². The van der Waals surface area contributed by atoms with E-state index in [1.54, 1.807) is 36.4 Å². The molecule has 0 fully saturated rings. The number of nitriles is 1. The molecule has 2 aromatic carbocycles. The average molecular weight is 351 g/mol. The minimum Gasteiger partial charge on any atom is -0.454 e. The molecule has 0 heterocycles. The van der Waals surface area contributed by atoms with Gasteiger partial charge in [0, 0.05) is 11.3 Å². The first-order chi connectivity index (χ1) is 12.5. The van der Waals surface area contributed by atoms with Crippen LogP contribution in [-0.4, -0.2) is 30.9 Å². The zero-order valence-electron chi connectivity index (χ0n) is 14.1. The zero-order chi connectivity index (χ0) is 18.9. The zero-order valence-corrected chi connectivity index (χ0v) is 14.1. The SMILES string of the molecule is Cc1cccc(C(=O)NCC(=O)OCC(=O)Nc2cccc(C#N)c2)c1. The third kappa shape index (κ3) is 5.76. The lowest BCUT2D eigenvalue weighted by Gasteiger charge is -2.08. The van der Waals surface area contributed by atoms with Gasteiger partial charge in [-0.3, -0.25) is 14.4 Å². The van der Waals surface area contributed by atoms with Crippen molar-refractivity contribution in [3.63, 3.8) is 0 Å². The molecule has 0 saturated heterocycles. The Labute approximate surface area is 150 Å². The molecule has 0 radical (unpaired) electrons. The van der Waals surface area contributed by atoms with E-state index in [0.717, 1.165) is 5.56 Å². The van der Waals surface area contributed by atoms with Gasteiger partial charge in [0.15, 0.2) is 6.61 Å². The molecule has 2 amide bonds. The first-order valence-electron chi connectivity index (χ1n) is 7.78. The molecular weight excluding hydrogens is 334 g/mol. The smallest absolute Gasteiger partial charge is 0.325 e. The predicted octanol–water partition coefficient (Wildman–Crippen LogP) is 1.78. The molecule has 0 atom stereocenters. The van der Waals surface area contributed by atoms with Crippen LogP contribution in [0.5, 0.6) is 0 Å². The molecular formula is C19H17N3O4. The molecule has 0 aromatic heterocycles. The summed E-state index contributed by atoms with van der Waals surface area (Å²) in [7, 11) is 0. The van der Waals surface area contributed by atoms with Crippen molar-refractivity contribution in [3.8, 4) is 6.07 Å². The van der Waals surface area contributed by atoms with E-state index in [1.165, 1.54) is 6.07 Å². The predicted molar refractivity (Wildman–Crippen MR) is 94.3 cm³/mol. The van der Waals surface area contributed by atoms with Crippen LogP contribution in [0.15, 0.2) is 48.5 Å². The molecule has 0 spiro atoms. The summed E-state index contributed by atoms with van der Waals surface area (Å²) in [5.74, 6) is -1.67. The molecule has 2 N–H and O–H groups in total. The summed E-state index contributed by atoms with van der Waals surface area (Å²) >= 11 is 0. The lowest BCUT2D eigenvalue weighted by Crippen LogP contribution is -2.32. The van der Waals surface area contributed by atoms with Crippen molar-refractivity contribution in [1.29, 1.82) is 5.26 Å². The van der Waals surface area contributed by atoms with E-state index in [-0.39, 0.29) is 6.54 Å². The summed E-state index contributed by atoms with van der Waals surface area (Å²) in [6, 6.07) is 15.2. The molecule has 0 unspecified atom stereocenters. The summed E-state index contributed by atoms with van der Waals surface area (Å²) in [6.07, 6.45) is 0. The summed E-state index contributed by atoms with van der Waals surface area (Å²) in [4.78, 5) is 35.3. The van der Waals surface area contributed by atoms with Crippen LogP contribution in [0.25, 0.3) is 0 Å². The van der Waals surface area contributed by atoms with Crippen molar-refractivity contribution in [3.05, 3.63) is 65.2 Å². The monoisotopic (exact) mass is 351 g/mol. The molecule has 132 valence electrons. The van der Waals surface area contributed by atoms with Crippen LogP contribution in [-0.2, 0) is 14.3 Å². The highest BCUT2D eigenvalue weighted by atomic mass is 16.5. The van der Waals surface area contributed by atoms with Gasteiger partial charge < -0.3 is 15.4 Å². The second-order valence-electron chi connectivity index (χ2n) is 5.45. The highest BCUT2D eigenvalue weighted by molar-refractivity contribution is 5.96. The Balaban J connectivity index is 1.75. The van der Waals surface area contributed by atoms with Crippen LogP contribution in [0.3, 0.4) is 0 Å². The molecule has 2 aromatic rings. The van der Waals surface area contributed by atoms with Crippen LogP contribution in [0, 0.1) is 18.3 Å². The largest absolute Gasteiger partial charge is 0.454 e. The van der Waals surface area contributed by atoms with Gasteiger partial charge in [0.1, 0.15) is 6.54 Å². The van der Waals surface area contributed by atoms with Gasteiger partial charge in [-0.15, -0.1) is 0 Å². The highest BCUT2D eigenvalue weighted by Gasteiger charge is 2.11. The Bertz CT molecular complexity index is 871. The Morgan fingerprint density at radius 3 is 2.62 bits per heavy atom. The Morgan fingerprint density at radius 1 is 1.12 bits per heavy atom. The van der Waals surface area contributed by atoms with Gasteiger partial charge in [0.25, 0.3) is 11.8 Å². The number of benzene rings is 2. The number of nitrogens with one attached hydrogen (secondary N) is 2. The highest BCUT2D eigenvalue weighted by Crippen LogP contribution is 2.09. The minimum atomic E-state index is -0.730. The second kappa shape index (κ2) is 8.99. The summed E-state index contributed by atoms with van der Waals surface area (Å²) in [6.45, 7) is 1.02. The molecule has 0 saturated carbocycles. The fourth-order valence-electron chi connectivity index (χ4n) is 2.10. The van der Waals surface area contributed by atoms with Gasteiger partial charge >= 0.3 is 5.97 Å². The number of nitrogens with zero attached hydrogens (tertiary/aromatic N) is 1. The third-order valence-electron chi connectivity index (χ3n) is 3.31. The Hall–Kier alpha value is -3.66. The van der Waals surface area contributed by atoms with Gasteiger partial charge in [-0.25, -0.2) is 0 Å². The molecule has 0 aliphatic rings. The van der Waals surface area contributed by atoms with Gasteiger partial charge in [-0.2, -0.15) is 5.26 Å². The van der Waals surface area contributed by atoms with Crippen LogP contribution in [0.1, 0.15) is 21.5 Å². The third-order valence-corrected chi connectivity index (χ3v) is 3.31. The molecule has 26 heavy (non-hydrogen) atoms. The van der Waals surface area contributed by atoms with Gasteiger partial charge in [-0.05, 0) is 37.3 Å². The molecule has 7 heteroatoms. The van der Waals surface area contributed by atoms with Crippen LogP contribution < -0.4 is 10.6 Å². The maximum absolute atomic E-state index is 11.9. The van der Waals surface area contributed by atoms with E-state index in [9.17, 15) is 14.4 Å². The number of aryl methyl sites for hydroxylation is 1. The molecule has 7 nitrogen and oxygen atoms in total. The number of amides is 2. The number of rotatable bonds is 6. The van der Waals surface area contributed by atoms with Crippen molar-refractivity contribution < 1.29 is 19.1 Å². The Kier molecular flexibility index (Phi) is 6.46. The first kappa shape index (κ1) is 18.7. The van der Waals surface area contributed by atoms with Crippen molar-refractivity contribution >= 4 is 23.5 Å². The number of hydrogen-bond acceptors (Lipinski definition) is 5. The average Bonchev–Trinajstić information content (AvgIpc) is 2.64.